The Morgan fingerprint density at radius 1 is 1.34 bits per heavy atom. The predicted octanol–water partition coefficient (Wildman–Crippen LogP) is 3.93. The van der Waals surface area contributed by atoms with E-state index in [9.17, 15) is 14.9 Å². The molecular weight excluding hydrogens is 388 g/mol. The van der Waals surface area contributed by atoms with Crippen LogP contribution < -0.4 is 10.2 Å². The summed E-state index contributed by atoms with van der Waals surface area (Å²) in [6.45, 7) is 4.78. The number of amides is 1. The van der Waals surface area contributed by atoms with Crippen molar-refractivity contribution < 1.29 is 9.72 Å². The summed E-state index contributed by atoms with van der Waals surface area (Å²) in [5.41, 5.74) is 0.898. The van der Waals surface area contributed by atoms with Gasteiger partial charge in [-0.15, -0.1) is 11.3 Å². The van der Waals surface area contributed by atoms with Crippen molar-refractivity contribution >= 4 is 28.6 Å². The fourth-order valence-electron chi connectivity index (χ4n) is 3.72. The molecule has 1 N–H and O–H groups in total. The van der Waals surface area contributed by atoms with E-state index in [0.717, 1.165) is 31.8 Å². The van der Waals surface area contributed by atoms with E-state index in [1.165, 1.54) is 17.0 Å². The SMILES string of the molecule is CC1CCN(C(CNC(=O)c2cc([N+](=O)[O-])ccc2N(C)C)c2cccs2)CC1. The van der Waals surface area contributed by atoms with E-state index in [1.54, 1.807) is 22.3 Å². The summed E-state index contributed by atoms with van der Waals surface area (Å²) in [6.07, 6.45) is 2.32. The molecule has 29 heavy (non-hydrogen) atoms. The van der Waals surface area contributed by atoms with Crippen molar-refractivity contribution in [3.05, 3.63) is 56.3 Å². The van der Waals surface area contributed by atoms with Gasteiger partial charge in [0.1, 0.15) is 0 Å². The molecule has 3 rings (SSSR count). The van der Waals surface area contributed by atoms with E-state index in [-0.39, 0.29) is 17.6 Å². The topological polar surface area (TPSA) is 78.7 Å². The maximum absolute atomic E-state index is 13.0. The molecule has 2 aromatic rings. The van der Waals surface area contributed by atoms with Crippen molar-refractivity contribution in [2.24, 2.45) is 5.92 Å². The van der Waals surface area contributed by atoms with Crippen LogP contribution in [0.2, 0.25) is 0 Å². The molecule has 1 fully saturated rings. The van der Waals surface area contributed by atoms with Gasteiger partial charge in [-0.1, -0.05) is 13.0 Å². The Kier molecular flexibility index (Phi) is 6.87. The number of likely N-dealkylation sites (tertiary alicyclic amines) is 1. The second-order valence-corrected chi connectivity index (χ2v) is 8.79. The Hall–Kier alpha value is -2.45. The standard InChI is InChI=1S/C21H28N4O3S/c1-15-8-10-24(11-9-15)19(20-5-4-12-29-20)14-22-21(26)17-13-16(25(27)28)6-7-18(17)23(2)3/h4-7,12-13,15,19H,8-11,14H2,1-3H3,(H,22,26). The number of nitrogens with one attached hydrogen (secondary N) is 1. The fourth-order valence-corrected chi connectivity index (χ4v) is 4.59. The number of piperidine rings is 1. The van der Waals surface area contributed by atoms with Gasteiger partial charge in [0.15, 0.2) is 0 Å². The molecule has 1 aromatic carbocycles. The fraction of sp³-hybridized carbons (Fsp3) is 0.476. The van der Waals surface area contributed by atoms with E-state index in [1.807, 2.05) is 20.2 Å². The molecule has 0 bridgehead atoms. The summed E-state index contributed by atoms with van der Waals surface area (Å²) in [6, 6.07) is 8.66. The molecule has 1 unspecified atom stereocenters. The van der Waals surface area contributed by atoms with Crippen LogP contribution in [0.1, 0.15) is 41.0 Å². The smallest absolute Gasteiger partial charge is 0.270 e. The molecular formula is C21H28N4O3S. The Bertz CT molecular complexity index is 846. The van der Waals surface area contributed by atoms with Crippen LogP contribution in [0.4, 0.5) is 11.4 Å². The molecule has 8 heteroatoms. The lowest BCUT2D eigenvalue weighted by molar-refractivity contribution is -0.384. The molecule has 1 aliphatic heterocycles. The van der Waals surface area contributed by atoms with Gasteiger partial charge < -0.3 is 10.2 Å². The number of anilines is 1. The van der Waals surface area contributed by atoms with Gasteiger partial charge in [0.05, 0.1) is 16.5 Å². The second-order valence-electron chi connectivity index (χ2n) is 7.81. The predicted molar refractivity (Wildman–Crippen MR) is 117 cm³/mol. The number of carbonyl (C=O) groups is 1. The lowest BCUT2D eigenvalue weighted by Gasteiger charge is -2.36. The Balaban J connectivity index is 1.78. The molecule has 1 aromatic heterocycles. The van der Waals surface area contributed by atoms with Crippen molar-refractivity contribution in [3.63, 3.8) is 0 Å². The highest BCUT2D eigenvalue weighted by Gasteiger charge is 2.26. The third-order valence-corrected chi connectivity index (χ3v) is 6.48. The van der Waals surface area contributed by atoms with Crippen molar-refractivity contribution in [1.82, 2.24) is 10.2 Å². The number of benzene rings is 1. The number of nitrogens with zero attached hydrogens (tertiary/aromatic N) is 3. The number of rotatable bonds is 7. The normalized spacial score (nSPS) is 16.4. The first kappa shape index (κ1) is 21.3. The summed E-state index contributed by atoms with van der Waals surface area (Å²) in [5.74, 6) is 0.446. The summed E-state index contributed by atoms with van der Waals surface area (Å²) < 4.78 is 0. The first-order chi connectivity index (χ1) is 13.9. The highest BCUT2D eigenvalue weighted by molar-refractivity contribution is 7.10. The Labute approximate surface area is 175 Å². The zero-order valence-electron chi connectivity index (χ0n) is 17.1. The van der Waals surface area contributed by atoms with Gasteiger partial charge in [0.25, 0.3) is 11.6 Å². The summed E-state index contributed by atoms with van der Waals surface area (Å²) in [7, 11) is 3.64. The molecule has 1 saturated heterocycles. The van der Waals surface area contributed by atoms with Crippen LogP contribution in [-0.2, 0) is 0 Å². The lowest BCUT2D eigenvalue weighted by Crippen LogP contribution is -2.41. The van der Waals surface area contributed by atoms with Crippen LogP contribution in [0.5, 0.6) is 0 Å². The lowest BCUT2D eigenvalue weighted by atomic mass is 9.97. The van der Waals surface area contributed by atoms with Gasteiger partial charge in [-0.05, 0) is 49.4 Å². The molecule has 0 saturated carbocycles. The summed E-state index contributed by atoms with van der Waals surface area (Å²) in [5, 5.41) is 16.3. The average molecular weight is 417 g/mol. The van der Waals surface area contributed by atoms with Gasteiger partial charge in [-0.2, -0.15) is 0 Å². The van der Waals surface area contributed by atoms with E-state index in [0.29, 0.717) is 17.8 Å². The molecule has 7 nitrogen and oxygen atoms in total. The van der Waals surface area contributed by atoms with Crippen molar-refractivity contribution in [2.45, 2.75) is 25.8 Å². The van der Waals surface area contributed by atoms with Gasteiger partial charge in [-0.3, -0.25) is 19.8 Å². The largest absolute Gasteiger partial charge is 0.377 e. The third-order valence-electron chi connectivity index (χ3n) is 5.50. The number of thiophene rings is 1. The highest BCUT2D eigenvalue weighted by atomic mass is 32.1. The van der Waals surface area contributed by atoms with Crippen molar-refractivity contribution in [2.75, 3.05) is 38.6 Å². The third kappa shape index (κ3) is 5.13. The number of nitro benzene ring substituents is 1. The van der Waals surface area contributed by atoms with Crippen molar-refractivity contribution in [3.8, 4) is 0 Å². The average Bonchev–Trinajstić information content (AvgIpc) is 3.23. The molecule has 1 aliphatic rings. The minimum atomic E-state index is -0.473. The van der Waals surface area contributed by atoms with Crippen molar-refractivity contribution in [1.29, 1.82) is 0 Å². The Morgan fingerprint density at radius 3 is 2.66 bits per heavy atom. The molecule has 1 amide bonds. The zero-order valence-corrected chi connectivity index (χ0v) is 17.9. The number of non-ortho nitro benzene ring substituents is 1. The quantitative estimate of drug-likeness (QED) is 0.547. The maximum Gasteiger partial charge on any atom is 0.270 e. The molecule has 2 heterocycles. The van der Waals surface area contributed by atoms with E-state index in [4.69, 9.17) is 0 Å². The minimum absolute atomic E-state index is 0.0828. The van der Waals surface area contributed by atoms with E-state index >= 15 is 0 Å². The number of carbonyl (C=O) groups excluding carboxylic acids is 1. The van der Waals surface area contributed by atoms with Gasteiger partial charge >= 0.3 is 0 Å². The van der Waals surface area contributed by atoms with E-state index < -0.39 is 4.92 Å². The summed E-state index contributed by atoms with van der Waals surface area (Å²) in [4.78, 5) is 29.1. The number of hydrogen-bond acceptors (Lipinski definition) is 6. The maximum atomic E-state index is 13.0. The second kappa shape index (κ2) is 9.37. The van der Waals surface area contributed by atoms with Crippen LogP contribution in [0.3, 0.4) is 0 Å². The zero-order chi connectivity index (χ0) is 21.0. The van der Waals surface area contributed by atoms with Crippen LogP contribution in [0, 0.1) is 16.0 Å². The van der Waals surface area contributed by atoms with Crippen LogP contribution in [0.25, 0.3) is 0 Å². The Morgan fingerprint density at radius 2 is 2.07 bits per heavy atom. The van der Waals surface area contributed by atoms with E-state index in [2.05, 4.69) is 28.6 Å². The first-order valence-electron chi connectivity index (χ1n) is 9.88. The number of hydrogen-bond donors (Lipinski definition) is 1. The molecule has 0 spiro atoms. The van der Waals surface area contributed by atoms with Gasteiger partial charge in [0, 0.05) is 43.3 Å². The highest BCUT2D eigenvalue weighted by Crippen LogP contribution is 2.30. The van der Waals surface area contributed by atoms with Gasteiger partial charge in [-0.25, -0.2) is 0 Å². The monoisotopic (exact) mass is 416 g/mol. The van der Waals surface area contributed by atoms with Crippen LogP contribution in [-0.4, -0.2) is 49.5 Å². The first-order valence-corrected chi connectivity index (χ1v) is 10.8. The van der Waals surface area contributed by atoms with Crippen LogP contribution >= 0.6 is 11.3 Å². The molecule has 1 atom stereocenters. The van der Waals surface area contributed by atoms with Gasteiger partial charge in [0.2, 0.25) is 0 Å². The minimum Gasteiger partial charge on any atom is -0.377 e. The molecule has 0 aliphatic carbocycles. The molecule has 156 valence electrons. The summed E-state index contributed by atoms with van der Waals surface area (Å²) >= 11 is 1.70. The number of nitro groups is 1. The molecule has 0 radical (unpaired) electrons. The van der Waals surface area contributed by atoms with Crippen LogP contribution in [0.15, 0.2) is 35.7 Å².